The van der Waals surface area contributed by atoms with Crippen molar-refractivity contribution in [2.45, 2.75) is 13.8 Å². The van der Waals surface area contributed by atoms with Crippen LogP contribution in [0.3, 0.4) is 0 Å². The van der Waals surface area contributed by atoms with Gasteiger partial charge in [0.2, 0.25) is 0 Å². The average molecular weight is 386 g/mol. The molecule has 27 heavy (non-hydrogen) atoms. The summed E-state index contributed by atoms with van der Waals surface area (Å²) >= 11 is 6.20. The SMILES string of the molecule is COc1ccc(NC(=O)c2ccc(-n3nc(C)c(Cl)c3C)cc2)c(OC)c1. The number of nitrogens with zero attached hydrogens (tertiary/aromatic N) is 2. The smallest absolute Gasteiger partial charge is 0.255 e. The zero-order valence-electron chi connectivity index (χ0n) is 15.5. The highest BCUT2D eigenvalue weighted by Crippen LogP contribution is 2.29. The van der Waals surface area contributed by atoms with Gasteiger partial charge in [-0.1, -0.05) is 11.6 Å². The lowest BCUT2D eigenvalue weighted by Crippen LogP contribution is -2.13. The Bertz CT molecular complexity index is 981. The first-order valence-electron chi connectivity index (χ1n) is 8.30. The van der Waals surface area contributed by atoms with Crippen molar-refractivity contribution in [2.75, 3.05) is 19.5 Å². The maximum Gasteiger partial charge on any atom is 0.255 e. The summed E-state index contributed by atoms with van der Waals surface area (Å²) in [5.74, 6) is 0.936. The van der Waals surface area contributed by atoms with Crippen LogP contribution in [0, 0.1) is 13.8 Å². The summed E-state index contributed by atoms with van der Waals surface area (Å²) in [5, 5.41) is 7.91. The van der Waals surface area contributed by atoms with Gasteiger partial charge < -0.3 is 14.8 Å². The van der Waals surface area contributed by atoms with Crippen LogP contribution >= 0.6 is 11.6 Å². The van der Waals surface area contributed by atoms with E-state index >= 15 is 0 Å². The molecule has 1 heterocycles. The van der Waals surface area contributed by atoms with Crippen molar-refractivity contribution in [3.8, 4) is 17.2 Å². The zero-order chi connectivity index (χ0) is 19.6. The third-order valence-corrected chi connectivity index (χ3v) is 4.78. The molecule has 0 unspecified atom stereocenters. The second-order valence-corrected chi connectivity index (χ2v) is 6.34. The molecule has 6 nitrogen and oxygen atoms in total. The quantitative estimate of drug-likeness (QED) is 0.706. The molecule has 0 aliphatic rings. The number of aryl methyl sites for hydroxylation is 1. The largest absolute Gasteiger partial charge is 0.497 e. The van der Waals surface area contributed by atoms with E-state index in [9.17, 15) is 4.79 Å². The van der Waals surface area contributed by atoms with Gasteiger partial charge in [-0.15, -0.1) is 0 Å². The number of hydrogen-bond donors (Lipinski definition) is 1. The lowest BCUT2D eigenvalue weighted by Gasteiger charge is -2.12. The van der Waals surface area contributed by atoms with Gasteiger partial charge in [-0.25, -0.2) is 4.68 Å². The molecule has 0 fully saturated rings. The molecule has 1 N–H and O–H groups in total. The molecule has 1 aromatic heterocycles. The van der Waals surface area contributed by atoms with Crippen molar-refractivity contribution in [1.82, 2.24) is 9.78 Å². The predicted molar refractivity (Wildman–Crippen MR) is 106 cm³/mol. The molecule has 1 amide bonds. The van der Waals surface area contributed by atoms with Gasteiger partial charge in [0.05, 0.1) is 42.0 Å². The van der Waals surface area contributed by atoms with Gasteiger partial charge in [-0.05, 0) is 50.2 Å². The van der Waals surface area contributed by atoms with Gasteiger partial charge >= 0.3 is 0 Å². The number of benzene rings is 2. The maximum absolute atomic E-state index is 12.6. The van der Waals surface area contributed by atoms with Gasteiger partial charge in [0.15, 0.2) is 0 Å². The van der Waals surface area contributed by atoms with Crippen molar-refractivity contribution in [3.63, 3.8) is 0 Å². The van der Waals surface area contributed by atoms with E-state index in [0.717, 1.165) is 17.1 Å². The van der Waals surface area contributed by atoms with E-state index in [1.54, 1.807) is 49.2 Å². The molecule has 140 valence electrons. The Morgan fingerprint density at radius 1 is 1.07 bits per heavy atom. The van der Waals surface area contributed by atoms with E-state index in [0.29, 0.717) is 27.8 Å². The van der Waals surface area contributed by atoms with E-state index in [1.807, 2.05) is 26.0 Å². The highest BCUT2D eigenvalue weighted by molar-refractivity contribution is 6.31. The minimum Gasteiger partial charge on any atom is -0.497 e. The molecule has 0 saturated carbocycles. The number of amides is 1. The first kappa shape index (κ1) is 18.8. The van der Waals surface area contributed by atoms with Crippen molar-refractivity contribution >= 4 is 23.2 Å². The molecule has 0 aliphatic carbocycles. The standard InChI is InChI=1S/C20H20ClN3O3/c1-12-19(21)13(2)24(23-12)15-7-5-14(6-8-15)20(25)22-17-10-9-16(26-3)11-18(17)27-4/h5-11H,1-4H3,(H,22,25). The van der Waals surface area contributed by atoms with Crippen molar-refractivity contribution in [3.05, 3.63) is 64.4 Å². The molecule has 3 aromatic rings. The highest BCUT2D eigenvalue weighted by Gasteiger charge is 2.13. The number of rotatable bonds is 5. The first-order chi connectivity index (χ1) is 12.9. The topological polar surface area (TPSA) is 65.4 Å². The zero-order valence-corrected chi connectivity index (χ0v) is 16.3. The summed E-state index contributed by atoms with van der Waals surface area (Å²) < 4.78 is 12.2. The van der Waals surface area contributed by atoms with Crippen LogP contribution in [0.2, 0.25) is 5.02 Å². The number of ether oxygens (including phenoxy) is 2. The fraction of sp³-hybridized carbons (Fsp3) is 0.200. The van der Waals surface area contributed by atoms with Gasteiger partial charge in [-0.2, -0.15) is 5.10 Å². The number of anilines is 1. The molecular formula is C20H20ClN3O3. The Labute approximate surface area is 162 Å². The fourth-order valence-corrected chi connectivity index (χ4v) is 2.84. The number of carbonyl (C=O) groups excluding carboxylic acids is 1. The van der Waals surface area contributed by atoms with Crippen LogP contribution in [-0.4, -0.2) is 29.9 Å². The fourth-order valence-electron chi connectivity index (χ4n) is 2.73. The van der Waals surface area contributed by atoms with Gasteiger partial charge in [0, 0.05) is 11.6 Å². The normalized spacial score (nSPS) is 10.6. The summed E-state index contributed by atoms with van der Waals surface area (Å²) in [6.07, 6.45) is 0. The molecule has 2 aromatic carbocycles. The monoisotopic (exact) mass is 385 g/mol. The Kier molecular flexibility index (Phi) is 5.37. The van der Waals surface area contributed by atoms with E-state index in [2.05, 4.69) is 10.4 Å². The van der Waals surface area contributed by atoms with Crippen molar-refractivity contribution in [2.24, 2.45) is 0 Å². The molecule has 0 bridgehead atoms. The summed E-state index contributed by atoms with van der Waals surface area (Å²) in [6.45, 7) is 3.76. The van der Waals surface area contributed by atoms with Gasteiger partial charge in [0.25, 0.3) is 5.91 Å². The van der Waals surface area contributed by atoms with Crippen molar-refractivity contribution in [1.29, 1.82) is 0 Å². The van der Waals surface area contributed by atoms with Gasteiger partial charge in [0.1, 0.15) is 11.5 Å². The highest BCUT2D eigenvalue weighted by atomic mass is 35.5. The molecule has 0 radical (unpaired) electrons. The third kappa shape index (κ3) is 3.75. The van der Waals surface area contributed by atoms with Crippen LogP contribution in [-0.2, 0) is 0 Å². The van der Waals surface area contributed by atoms with Gasteiger partial charge in [-0.3, -0.25) is 4.79 Å². The van der Waals surface area contributed by atoms with E-state index in [4.69, 9.17) is 21.1 Å². The Morgan fingerprint density at radius 3 is 2.33 bits per heavy atom. The van der Waals surface area contributed by atoms with Crippen LogP contribution in [0.25, 0.3) is 5.69 Å². The lowest BCUT2D eigenvalue weighted by atomic mass is 10.2. The Morgan fingerprint density at radius 2 is 1.78 bits per heavy atom. The summed E-state index contributed by atoms with van der Waals surface area (Å²) in [4.78, 5) is 12.6. The number of aromatic nitrogens is 2. The van der Waals surface area contributed by atoms with Crippen LogP contribution in [0.1, 0.15) is 21.7 Å². The molecule has 0 atom stereocenters. The minimum absolute atomic E-state index is 0.239. The third-order valence-electron chi connectivity index (χ3n) is 4.23. The average Bonchev–Trinajstić information content (AvgIpc) is 2.95. The molecule has 0 spiro atoms. The van der Waals surface area contributed by atoms with Crippen molar-refractivity contribution < 1.29 is 14.3 Å². The molecular weight excluding hydrogens is 366 g/mol. The summed E-state index contributed by atoms with van der Waals surface area (Å²) in [5.41, 5.74) is 3.54. The second kappa shape index (κ2) is 7.72. The van der Waals surface area contributed by atoms with E-state index in [1.165, 1.54) is 0 Å². The molecule has 3 rings (SSSR count). The number of carbonyl (C=O) groups is 1. The van der Waals surface area contributed by atoms with Crippen LogP contribution < -0.4 is 14.8 Å². The number of nitrogens with one attached hydrogen (secondary N) is 1. The van der Waals surface area contributed by atoms with Crippen LogP contribution in [0.5, 0.6) is 11.5 Å². The molecule has 7 heteroatoms. The minimum atomic E-state index is -0.239. The Hall–Kier alpha value is -2.99. The number of methoxy groups -OCH3 is 2. The number of halogens is 1. The van der Waals surface area contributed by atoms with Crippen LogP contribution in [0.15, 0.2) is 42.5 Å². The molecule has 0 aliphatic heterocycles. The summed E-state index contributed by atoms with van der Waals surface area (Å²) in [7, 11) is 3.11. The second-order valence-electron chi connectivity index (χ2n) is 5.96. The van der Waals surface area contributed by atoms with Crippen LogP contribution in [0.4, 0.5) is 5.69 Å². The summed E-state index contributed by atoms with van der Waals surface area (Å²) in [6, 6.07) is 12.4. The van der Waals surface area contributed by atoms with E-state index in [-0.39, 0.29) is 5.91 Å². The maximum atomic E-state index is 12.6. The lowest BCUT2D eigenvalue weighted by molar-refractivity contribution is 0.102. The molecule has 0 saturated heterocycles. The first-order valence-corrected chi connectivity index (χ1v) is 8.68. The van der Waals surface area contributed by atoms with E-state index < -0.39 is 0 Å². The number of hydrogen-bond acceptors (Lipinski definition) is 4. The Balaban J connectivity index is 1.81. The predicted octanol–water partition coefficient (Wildman–Crippen LogP) is 4.41.